The monoisotopic (exact) mass is 1180 g/mol. The van der Waals surface area contributed by atoms with Crippen LogP contribution in [0.3, 0.4) is 0 Å². The Hall–Kier alpha value is -11.1. The predicted octanol–water partition coefficient (Wildman–Crippen LogP) is 23.0. The SMILES string of the molecule is C1=Cc2c(n(-c3nccc4c3sc3ccc(-n5c6ccccc6c6c(-c7cccc8c7c7ccccc7n8-c7ccc8c(c7)c7ccccc7n8-c7cccc(-c8cccc(-c9cccc%10c9sc9ccccc9%10)c8)c7)cccc65)cc34)c3ccccc23)CC1. The van der Waals surface area contributed by atoms with Gasteiger partial charge in [0.1, 0.15) is 0 Å². The van der Waals surface area contributed by atoms with Crippen LogP contribution in [0.15, 0.2) is 279 Å². The Balaban J connectivity index is 0.710. The Morgan fingerprint density at radius 1 is 0.311 bits per heavy atom. The molecular formula is C83H51N5S2. The number of nitrogens with zero attached hydrogens (tertiary/aromatic N) is 5. The van der Waals surface area contributed by atoms with Crippen LogP contribution in [-0.2, 0) is 6.42 Å². The fourth-order valence-corrected chi connectivity index (χ4v) is 17.9. The van der Waals surface area contributed by atoms with Gasteiger partial charge in [-0.3, -0.25) is 4.57 Å². The summed E-state index contributed by atoms with van der Waals surface area (Å²) in [5.41, 5.74) is 21.6. The summed E-state index contributed by atoms with van der Waals surface area (Å²) in [4.78, 5) is 5.16. The van der Waals surface area contributed by atoms with Crippen molar-refractivity contribution in [2.75, 3.05) is 0 Å². The van der Waals surface area contributed by atoms with E-state index in [1.165, 1.54) is 161 Å². The average molecular weight is 1180 g/mol. The number of aromatic nitrogens is 5. The summed E-state index contributed by atoms with van der Waals surface area (Å²) in [7, 11) is 0. The van der Waals surface area contributed by atoms with Gasteiger partial charge in [-0.15, -0.1) is 22.7 Å². The van der Waals surface area contributed by atoms with Crippen molar-refractivity contribution in [3.05, 3.63) is 290 Å². The maximum absolute atomic E-state index is 5.16. The normalized spacial score (nSPS) is 12.8. The molecule has 7 heterocycles. The van der Waals surface area contributed by atoms with Crippen LogP contribution in [0, 0.1) is 0 Å². The third-order valence-corrected chi connectivity index (χ3v) is 21.7. The first-order valence-electron chi connectivity index (χ1n) is 31.0. The van der Waals surface area contributed by atoms with Crippen LogP contribution < -0.4 is 0 Å². The van der Waals surface area contributed by atoms with Gasteiger partial charge < -0.3 is 13.7 Å². The number of rotatable bonds is 7. The topological polar surface area (TPSA) is 32.6 Å². The highest BCUT2D eigenvalue weighted by molar-refractivity contribution is 7.26. The molecule has 0 N–H and O–H groups in total. The summed E-state index contributed by atoms with van der Waals surface area (Å²) in [6.07, 6.45) is 8.64. The molecular weight excluding hydrogens is 1130 g/mol. The maximum atomic E-state index is 5.16. The highest BCUT2D eigenvalue weighted by atomic mass is 32.1. The lowest BCUT2D eigenvalue weighted by molar-refractivity contribution is 0.877. The molecule has 5 nitrogen and oxygen atoms in total. The number of benzene rings is 12. The second kappa shape index (κ2) is 19.2. The largest absolute Gasteiger partial charge is 0.309 e. The van der Waals surface area contributed by atoms with E-state index in [1.54, 1.807) is 0 Å². The Morgan fingerprint density at radius 2 is 0.811 bits per heavy atom. The first-order valence-corrected chi connectivity index (χ1v) is 32.6. The minimum atomic E-state index is 0.991. The van der Waals surface area contributed by atoms with E-state index in [0.717, 1.165) is 35.7 Å². The molecule has 0 spiro atoms. The van der Waals surface area contributed by atoms with Crippen LogP contribution >= 0.6 is 22.7 Å². The van der Waals surface area contributed by atoms with Crippen LogP contribution in [0.4, 0.5) is 0 Å². The van der Waals surface area contributed by atoms with Gasteiger partial charge in [0.15, 0.2) is 5.82 Å². The van der Waals surface area contributed by atoms with E-state index >= 15 is 0 Å². The molecule has 20 rings (SSSR count). The van der Waals surface area contributed by atoms with Crippen molar-refractivity contribution in [3.8, 4) is 56.3 Å². The average Bonchev–Trinajstić information content (AvgIpc) is 1.59. The lowest BCUT2D eigenvalue weighted by atomic mass is 9.95. The van der Waals surface area contributed by atoms with Crippen LogP contribution in [0.25, 0.3) is 179 Å². The number of fused-ring (bicyclic) bond motifs is 18. The summed E-state index contributed by atoms with van der Waals surface area (Å²) >= 11 is 3.73. The minimum absolute atomic E-state index is 0.991. The minimum Gasteiger partial charge on any atom is -0.309 e. The van der Waals surface area contributed by atoms with Crippen LogP contribution in [0.2, 0.25) is 0 Å². The Bertz CT molecular complexity index is 6310. The van der Waals surface area contributed by atoms with Gasteiger partial charge in [-0.25, -0.2) is 4.98 Å². The van der Waals surface area contributed by atoms with Crippen molar-refractivity contribution in [1.82, 2.24) is 23.3 Å². The molecule has 0 radical (unpaired) electrons. The molecule has 1 aliphatic rings. The summed E-state index contributed by atoms with van der Waals surface area (Å²) in [6, 6.07) is 99.4. The molecule has 0 saturated carbocycles. The molecule has 0 bridgehead atoms. The zero-order chi connectivity index (χ0) is 58.7. The van der Waals surface area contributed by atoms with E-state index in [1.807, 2.05) is 28.9 Å². The molecule has 0 aliphatic heterocycles. The number of para-hydroxylation sites is 4. The fraction of sp³-hybridized carbons (Fsp3) is 0.0241. The van der Waals surface area contributed by atoms with Gasteiger partial charge >= 0.3 is 0 Å². The van der Waals surface area contributed by atoms with Gasteiger partial charge in [-0.1, -0.05) is 176 Å². The second-order valence-corrected chi connectivity index (χ2v) is 26.1. The number of pyridine rings is 1. The fourth-order valence-electron chi connectivity index (χ4n) is 15.5. The van der Waals surface area contributed by atoms with Gasteiger partial charge in [0.25, 0.3) is 0 Å². The van der Waals surface area contributed by atoms with Crippen molar-refractivity contribution in [2.45, 2.75) is 12.8 Å². The number of hydrogen-bond acceptors (Lipinski definition) is 3. The summed E-state index contributed by atoms with van der Waals surface area (Å²) in [6.45, 7) is 0. The predicted molar refractivity (Wildman–Crippen MR) is 384 cm³/mol. The van der Waals surface area contributed by atoms with Crippen molar-refractivity contribution in [3.63, 3.8) is 0 Å². The van der Waals surface area contributed by atoms with Crippen molar-refractivity contribution >= 4 is 145 Å². The highest BCUT2D eigenvalue weighted by Gasteiger charge is 2.25. The molecule has 0 amide bonds. The third-order valence-electron chi connectivity index (χ3n) is 19.3. The van der Waals surface area contributed by atoms with E-state index < -0.39 is 0 Å². The smallest absolute Gasteiger partial charge is 0.155 e. The molecule has 0 atom stereocenters. The van der Waals surface area contributed by atoms with E-state index in [0.29, 0.717) is 0 Å². The standard InChI is InChI=1S/C83H51N5S2/c1-8-33-70-57(22-1)58-23-2-9-34-71(58)88(70)83-82-64(44-45-84-83)68-49-55(41-43-78(68)90-82)87-73-36-11-5-27-66(73)80-62(30-17-38-76(80)87)61-29-16-37-75-79(61)65-26-4-10-35-72(65)86(75)54-40-42-74-67(48-54)59-24-3-7-32-69(59)85(74)53-21-14-19-51(47-53)50-18-13-20-52(46-50)56-28-15-31-63-60-25-6-12-39-77(60)89-81(56)63/h1-8,10-33,35-49H,9,34H2. The second-order valence-electron chi connectivity index (χ2n) is 24.0. The summed E-state index contributed by atoms with van der Waals surface area (Å²) < 4.78 is 15.0. The Morgan fingerprint density at radius 3 is 1.57 bits per heavy atom. The van der Waals surface area contributed by atoms with Crippen LogP contribution in [0.1, 0.15) is 17.7 Å². The van der Waals surface area contributed by atoms with Gasteiger partial charge in [-0.2, -0.15) is 0 Å². The van der Waals surface area contributed by atoms with Crippen LogP contribution in [0.5, 0.6) is 0 Å². The Kier molecular flexibility index (Phi) is 10.7. The molecule has 90 heavy (non-hydrogen) atoms. The Labute approximate surface area is 524 Å². The van der Waals surface area contributed by atoms with Gasteiger partial charge in [0.05, 0.1) is 43.3 Å². The molecule has 7 aromatic heterocycles. The quantitative estimate of drug-likeness (QED) is 0.157. The number of allylic oxidation sites excluding steroid dienone is 1. The molecule has 0 unspecified atom stereocenters. The van der Waals surface area contributed by atoms with Gasteiger partial charge in [0.2, 0.25) is 0 Å². The highest BCUT2D eigenvalue weighted by Crippen LogP contribution is 2.48. The molecule has 420 valence electrons. The number of thiophene rings is 2. The van der Waals surface area contributed by atoms with Crippen LogP contribution in [-0.4, -0.2) is 23.3 Å². The van der Waals surface area contributed by atoms with Crippen molar-refractivity contribution in [2.24, 2.45) is 0 Å². The van der Waals surface area contributed by atoms with E-state index in [4.69, 9.17) is 4.98 Å². The van der Waals surface area contributed by atoms with Crippen molar-refractivity contribution in [1.29, 1.82) is 0 Å². The first-order chi connectivity index (χ1) is 44.7. The first kappa shape index (κ1) is 50.0. The van der Waals surface area contributed by atoms with E-state index in [9.17, 15) is 0 Å². The third kappa shape index (κ3) is 7.15. The summed E-state index contributed by atoms with van der Waals surface area (Å²) in [5.74, 6) is 1.02. The van der Waals surface area contributed by atoms with E-state index in [-0.39, 0.29) is 0 Å². The van der Waals surface area contributed by atoms with Gasteiger partial charge in [0, 0.05) is 108 Å². The maximum Gasteiger partial charge on any atom is 0.155 e. The zero-order valence-electron chi connectivity index (χ0n) is 48.6. The summed E-state index contributed by atoms with van der Waals surface area (Å²) in [5, 5.41) is 13.8. The van der Waals surface area contributed by atoms with Gasteiger partial charge in [-0.05, 0) is 149 Å². The molecule has 19 aromatic rings. The van der Waals surface area contributed by atoms with Crippen molar-refractivity contribution < 1.29 is 0 Å². The lowest BCUT2D eigenvalue weighted by Gasteiger charge is -2.13. The lowest BCUT2D eigenvalue weighted by Crippen LogP contribution is -2.04. The molecule has 7 heteroatoms. The molecule has 1 aliphatic carbocycles. The zero-order valence-corrected chi connectivity index (χ0v) is 50.2. The molecule has 12 aromatic carbocycles. The van der Waals surface area contributed by atoms with E-state index in [2.05, 4.69) is 297 Å². The molecule has 0 fully saturated rings. The molecule has 0 saturated heterocycles. The number of hydrogen-bond donors (Lipinski definition) is 0.